The Bertz CT molecular complexity index is 521. The van der Waals surface area contributed by atoms with Crippen LogP contribution >= 0.6 is 0 Å². The number of hydrogen-bond donors (Lipinski definition) is 2. The third-order valence-corrected chi connectivity index (χ3v) is 5.58. The molecule has 0 aromatic heterocycles. The van der Waals surface area contributed by atoms with Gasteiger partial charge in [0.05, 0.1) is 25.9 Å². The molecule has 2 saturated heterocycles. The zero-order valence-electron chi connectivity index (χ0n) is 14.8. The summed E-state index contributed by atoms with van der Waals surface area (Å²) in [5, 5.41) is 10.8. The van der Waals surface area contributed by atoms with Crippen molar-refractivity contribution in [2.45, 2.75) is 45.3 Å². The van der Waals surface area contributed by atoms with Gasteiger partial charge >= 0.3 is 5.97 Å². The molecule has 0 radical (unpaired) electrons. The maximum atomic E-state index is 12.5. The number of ether oxygens (including phenoxy) is 2. The third-order valence-electron chi connectivity index (χ3n) is 5.58. The third kappa shape index (κ3) is 4.08. The molecule has 2 aliphatic heterocycles. The summed E-state index contributed by atoms with van der Waals surface area (Å²) in [5.74, 6) is -0.514. The minimum absolute atomic E-state index is 0.138. The van der Waals surface area contributed by atoms with Crippen LogP contribution in [0.5, 0.6) is 0 Å². The fraction of sp³-hybridized carbons (Fsp3) is 0.737. The molecule has 0 aromatic rings. The van der Waals surface area contributed by atoms with Gasteiger partial charge in [-0.15, -0.1) is 0 Å². The zero-order valence-corrected chi connectivity index (χ0v) is 14.8. The number of aliphatic hydroxyl groups is 1. The van der Waals surface area contributed by atoms with Crippen LogP contribution in [0.15, 0.2) is 23.3 Å². The lowest BCUT2D eigenvalue weighted by molar-refractivity contribution is -0.910. The number of nitrogens with one attached hydrogen (secondary N) is 1. The monoisotopic (exact) mass is 336 g/mol. The van der Waals surface area contributed by atoms with Gasteiger partial charge in [0.2, 0.25) is 0 Å². The molecule has 134 valence electrons. The number of quaternary nitrogens is 1. The van der Waals surface area contributed by atoms with E-state index in [2.05, 4.69) is 19.9 Å². The maximum Gasteiger partial charge on any atom is 0.315 e. The molecule has 0 bridgehead atoms. The Morgan fingerprint density at radius 3 is 2.75 bits per heavy atom. The Morgan fingerprint density at radius 2 is 2.00 bits per heavy atom. The van der Waals surface area contributed by atoms with Crippen molar-refractivity contribution in [1.29, 1.82) is 0 Å². The molecule has 2 fully saturated rings. The Labute approximate surface area is 144 Å². The van der Waals surface area contributed by atoms with Crippen LogP contribution in [0.2, 0.25) is 0 Å². The van der Waals surface area contributed by atoms with E-state index in [4.69, 9.17) is 9.47 Å². The number of aliphatic hydroxyl groups excluding tert-OH is 1. The quantitative estimate of drug-likeness (QED) is 0.569. The van der Waals surface area contributed by atoms with Crippen molar-refractivity contribution in [3.8, 4) is 0 Å². The average Bonchev–Trinajstić information content (AvgIpc) is 2.83. The first-order valence-electron chi connectivity index (χ1n) is 9.17. The maximum absolute atomic E-state index is 12.5. The normalized spacial score (nSPS) is 37.9. The van der Waals surface area contributed by atoms with Crippen LogP contribution in [0.3, 0.4) is 0 Å². The Morgan fingerprint density at radius 1 is 1.25 bits per heavy atom. The van der Waals surface area contributed by atoms with Crippen molar-refractivity contribution in [2.75, 3.05) is 32.8 Å². The smallest absolute Gasteiger partial charge is 0.315 e. The number of rotatable bonds is 2. The van der Waals surface area contributed by atoms with E-state index in [1.807, 2.05) is 6.08 Å². The summed E-state index contributed by atoms with van der Waals surface area (Å²) in [5.41, 5.74) is 2.43. The van der Waals surface area contributed by atoms with E-state index < -0.39 is 6.10 Å². The largest absolute Gasteiger partial charge is 0.461 e. The van der Waals surface area contributed by atoms with E-state index in [0.717, 1.165) is 52.1 Å². The van der Waals surface area contributed by atoms with Gasteiger partial charge in [0.1, 0.15) is 25.1 Å². The molecule has 5 heteroatoms. The number of carbonyl (C=O) groups excluding carboxylic acids is 1. The Hall–Kier alpha value is -1.17. The lowest BCUT2D eigenvalue weighted by atomic mass is 9.81. The first-order chi connectivity index (χ1) is 11.5. The lowest BCUT2D eigenvalue weighted by Gasteiger charge is -2.29. The summed E-state index contributed by atoms with van der Waals surface area (Å²) >= 11 is 0. The number of esters is 1. The zero-order chi connectivity index (χ0) is 17.1. The molecular weight excluding hydrogens is 306 g/mol. The van der Waals surface area contributed by atoms with E-state index in [0.29, 0.717) is 0 Å². The second-order valence-electron chi connectivity index (χ2n) is 7.52. The summed E-state index contributed by atoms with van der Waals surface area (Å²) < 4.78 is 11.1. The van der Waals surface area contributed by atoms with Gasteiger partial charge in [0.15, 0.2) is 0 Å². The van der Waals surface area contributed by atoms with Gasteiger partial charge in [0, 0.05) is 12.3 Å². The van der Waals surface area contributed by atoms with Crippen LogP contribution in [0.4, 0.5) is 0 Å². The van der Waals surface area contributed by atoms with E-state index >= 15 is 0 Å². The minimum Gasteiger partial charge on any atom is -0.461 e. The topological polar surface area (TPSA) is 60.2 Å². The van der Waals surface area contributed by atoms with Crippen LogP contribution in [-0.4, -0.2) is 56.1 Å². The molecule has 0 saturated carbocycles. The fourth-order valence-electron chi connectivity index (χ4n) is 4.19. The molecule has 3 aliphatic rings. The van der Waals surface area contributed by atoms with E-state index in [-0.39, 0.29) is 23.9 Å². The average molecular weight is 336 g/mol. The van der Waals surface area contributed by atoms with Gasteiger partial charge in [-0.25, -0.2) is 0 Å². The number of morpholine rings is 1. The highest BCUT2D eigenvalue weighted by molar-refractivity contribution is 5.75. The molecule has 1 aliphatic carbocycles. The number of hydrogen-bond acceptors (Lipinski definition) is 4. The number of fused-ring (bicyclic) bond motifs is 1. The number of allylic oxidation sites excluding steroid dienone is 2. The minimum atomic E-state index is -0.613. The highest BCUT2D eigenvalue weighted by atomic mass is 16.6. The van der Waals surface area contributed by atoms with Gasteiger partial charge in [-0.05, 0) is 26.7 Å². The molecular formula is C19H30NO4+. The molecule has 0 aromatic carbocycles. The molecule has 5 nitrogen and oxygen atoms in total. The molecule has 4 atom stereocenters. The summed E-state index contributed by atoms with van der Waals surface area (Å²) in [4.78, 5) is 13.9. The predicted octanol–water partition coefficient (Wildman–Crippen LogP) is 0.497. The highest BCUT2D eigenvalue weighted by Gasteiger charge is 2.49. The van der Waals surface area contributed by atoms with Gasteiger partial charge in [0.25, 0.3) is 0 Å². The first-order valence-corrected chi connectivity index (χ1v) is 9.17. The van der Waals surface area contributed by atoms with Crippen LogP contribution in [-0.2, 0) is 14.3 Å². The van der Waals surface area contributed by atoms with Crippen LogP contribution in [0, 0.1) is 11.8 Å². The van der Waals surface area contributed by atoms with Crippen LogP contribution in [0.1, 0.15) is 33.1 Å². The van der Waals surface area contributed by atoms with Crippen molar-refractivity contribution in [3.63, 3.8) is 0 Å². The van der Waals surface area contributed by atoms with Crippen molar-refractivity contribution < 1.29 is 24.3 Å². The first kappa shape index (κ1) is 17.6. The summed E-state index contributed by atoms with van der Waals surface area (Å²) in [6.45, 7) is 8.22. The van der Waals surface area contributed by atoms with Crippen molar-refractivity contribution in [1.82, 2.24) is 0 Å². The molecule has 0 spiro atoms. The van der Waals surface area contributed by atoms with E-state index in [1.165, 1.54) is 16.0 Å². The Balaban J connectivity index is 1.81. The second kappa shape index (κ2) is 7.81. The fourth-order valence-corrected chi connectivity index (χ4v) is 4.19. The molecule has 0 amide bonds. The number of carbonyl (C=O) groups is 1. The molecule has 3 rings (SSSR count). The molecule has 0 unspecified atom stereocenters. The van der Waals surface area contributed by atoms with Crippen LogP contribution in [0.25, 0.3) is 0 Å². The van der Waals surface area contributed by atoms with E-state index in [9.17, 15) is 9.90 Å². The second-order valence-corrected chi connectivity index (χ2v) is 7.52. The molecule has 2 heterocycles. The summed E-state index contributed by atoms with van der Waals surface area (Å²) in [6.07, 6.45) is 6.02. The van der Waals surface area contributed by atoms with Gasteiger partial charge in [-0.3, -0.25) is 4.79 Å². The summed E-state index contributed by atoms with van der Waals surface area (Å²) in [7, 11) is 0. The van der Waals surface area contributed by atoms with E-state index in [1.54, 1.807) is 0 Å². The molecule has 2 N–H and O–H groups in total. The predicted molar refractivity (Wildman–Crippen MR) is 90.6 cm³/mol. The Kier molecular flexibility index (Phi) is 5.74. The lowest BCUT2D eigenvalue weighted by Crippen LogP contribution is -3.15. The van der Waals surface area contributed by atoms with Crippen molar-refractivity contribution in [2.24, 2.45) is 11.8 Å². The SMILES string of the molecule is CC1=C[C@@H](O)[C@H]2[C@H](C/C(C)=C/CC1)OC(=O)[C@@H]2C[NH+]1CCOCC1. The van der Waals surface area contributed by atoms with Crippen molar-refractivity contribution >= 4 is 5.97 Å². The van der Waals surface area contributed by atoms with Gasteiger partial charge in [-0.2, -0.15) is 0 Å². The van der Waals surface area contributed by atoms with Crippen LogP contribution < -0.4 is 4.90 Å². The van der Waals surface area contributed by atoms with Crippen molar-refractivity contribution in [3.05, 3.63) is 23.3 Å². The van der Waals surface area contributed by atoms with Gasteiger partial charge in [-0.1, -0.05) is 23.3 Å². The standard InChI is InChI=1S/C19H29NO4/c1-13-4-3-5-14(2)11-17-18(16(21)10-13)15(19(22)24-17)12-20-6-8-23-9-7-20/h5,10,15-18,21H,3-4,6-9,11-12H2,1-2H3/p+1/b13-10?,14-5+/t15-,16-,17+,18+/m1/s1. The van der Waals surface area contributed by atoms with Gasteiger partial charge < -0.3 is 19.5 Å². The highest BCUT2D eigenvalue weighted by Crippen LogP contribution is 2.35. The molecule has 24 heavy (non-hydrogen) atoms. The summed E-state index contributed by atoms with van der Waals surface area (Å²) in [6, 6.07) is 0.